The smallest absolute Gasteiger partial charge is 0.0616 e. The first kappa shape index (κ1) is 10.00. The van der Waals surface area contributed by atoms with E-state index in [1.54, 1.807) is 0 Å². The summed E-state index contributed by atoms with van der Waals surface area (Å²) in [6.45, 7) is 0. The minimum atomic E-state index is 0. The van der Waals surface area contributed by atoms with E-state index in [0.717, 1.165) is 0 Å². The zero-order valence-electron chi connectivity index (χ0n) is 2.88. The molecule has 0 amide bonds. The van der Waals surface area contributed by atoms with E-state index >= 15 is 0 Å². The van der Waals surface area contributed by atoms with Crippen LogP contribution in [0.15, 0.2) is 0 Å². The Hall–Kier alpha value is 1.89. The molecule has 3 heteroatoms. The molecule has 1 unspecified atom stereocenters. The van der Waals surface area contributed by atoms with Gasteiger partial charge in [-0.05, 0) is 9.24 Å². The van der Waals surface area contributed by atoms with E-state index in [9.17, 15) is 0 Å². The van der Waals surface area contributed by atoms with Gasteiger partial charge in [-0.15, -0.1) is 0 Å². The van der Waals surface area contributed by atoms with Gasteiger partial charge in [0.25, 0.3) is 0 Å². The molecule has 0 saturated heterocycles. The van der Waals surface area contributed by atoms with Crippen LogP contribution < -0.4 is 24.0 Å². The van der Waals surface area contributed by atoms with Gasteiger partial charge in [0.15, 0.2) is 0 Å². The maximum Gasteiger partial charge on any atom is 0.0616 e. The quantitative estimate of drug-likeness (QED) is 0.299. The lowest BCUT2D eigenvalue weighted by atomic mass is 11.0. The van der Waals surface area contributed by atoms with Crippen LogP contribution in [0.5, 0.6) is 0 Å². The van der Waals surface area contributed by atoms with Crippen molar-refractivity contribution in [1.82, 2.24) is 0 Å². The van der Waals surface area contributed by atoms with Gasteiger partial charge in [-0.25, -0.2) is 0 Å². The highest BCUT2D eigenvalue weighted by Gasteiger charge is 1.64. The SMILES string of the molecule is [I-].[PH3+]CCI. The van der Waals surface area contributed by atoms with Gasteiger partial charge in [-0.2, -0.15) is 0 Å². The molecule has 0 aromatic carbocycles. The predicted octanol–water partition coefficient (Wildman–Crippen LogP) is -1.97. The fraction of sp³-hybridized carbons (Fsp3) is 1.00. The molecule has 34 valence electrons. The van der Waals surface area contributed by atoms with E-state index in [2.05, 4.69) is 22.6 Å². The zero-order valence-corrected chi connectivity index (χ0v) is 8.61. The summed E-state index contributed by atoms with van der Waals surface area (Å²) in [6.07, 6.45) is 1.33. The van der Waals surface area contributed by atoms with Crippen molar-refractivity contribution in [2.45, 2.75) is 0 Å². The van der Waals surface area contributed by atoms with Crippen molar-refractivity contribution in [3.63, 3.8) is 0 Å². The van der Waals surface area contributed by atoms with Gasteiger partial charge in [-0.1, -0.05) is 22.6 Å². The molecule has 5 heavy (non-hydrogen) atoms. The third-order valence-electron chi connectivity index (χ3n) is 0.134. The lowest BCUT2D eigenvalue weighted by Gasteiger charge is -1.60. The molecule has 0 saturated carbocycles. The molecule has 0 aliphatic heterocycles. The van der Waals surface area contributed by atoms with Crippen LogP contribution in [0.3, 0.4) is 0 Å². The van der Waals surface area contributed by atoms with Crippen LogP contribution in [-0.4, -0.2) is 10.6 Å². The van der Waals surface area contributed by atoms with Crippen molar-refractivity contribution >= 4 is 31.8 Å². The summed E-state index contributed by atoms with van der Waals surface area (Å²) in [6, 6.07) is 0. The van der Waals surface area contributed by atoms with Crippen molar-refractivity contribution in [2.24, 2.45) is 0 Å². The molecule has 0 fully saturated rings. The van der Waals surface area contributed by atoms with E-state index in [1.807, 2.05) is 9.24 Å². The molecule has 0 rings (SSSR count). The summed E-state index contributed by atoms with van der Waals surface area (Å²) in [5, 5.41) is 0. The van der Waals surface area contributed by atoms with Gasteiger partial charge >= 0.3 is 0 Å². The Morgan fingerprint density at radius 2 is 1.80 bits per heavy atom. The fourth-order valence-electron chi connectivity index (χ4n) is 0. The molecule has 1 atom stereocenters. The molecule has 0 nitrogen and oxygen atoms in total. The third kappa shape index (κ3) is 10.7. The Morgan fingerprint density at radius 3 is 1.80 bits per heavy atom. The fourth-order valence-corrected chi connectivity index (χ4v) is 0. The number of halogens is 2. The first-order valence-corrected chi connectivity index (χ1v) is 3.79. The average molecular weight is 316 g/mol. The lowest BCUT2D eigenvalue weighted by molar-refractivity contribution is -0.000000653. The summed E-state index contributed by atoms with van der Waals surface area (Å²) in [7, 11) is 2.01. The molecule has 0 aromatic rings. The summed E-state index contributed by atoms with van der Waals surface area (Å²) >= 11 is 2.36. The van der Waals surface area contributed by atoms with Crippen LogP contribution in [0, 0.1) is 0 Å². The summed E-state index contributed by atoms with van der Waals surface area (Å²) in [4.78, 5) is 0. The number of rotatable bonds is 1. The average Bonchev–Trinajstić information content (AvgIpc) is 1.37. The first-order chi connectivity index (χ1) is 1.91. The van der Waals surface area contributed by atoms with E-state index in [4.69, 9.17) is 0 Å². The normalized spacial score (nSPS) is 6.60. The maximum atomic E-state index is 2.36. The van der Waals surface area contributed by atoms with Gasteiger partial charge < -0.3 is 24.0 Å². The van der Waals surface area contributed by atoms with E-state index in [1.165, 1.54) is 10.6 Å². The van der Waals surface area contributed by atoms with E-state index in [0.29, 0.717) is 0 Å². The minimum absolute atomic E-state index is 0. The molecule has 0 aliphatic carbocycles. The highest BCUT2D eigenvalue weighted by atomic mass is 127. The van der Waals surface area contributed by atoms with Crippen LogP contribution in [0.1, 0.15) is 0 Å². The molecule has 0 spiro atoms. The molecule has 0 heterocycles. The van der Waals surface area contributed by atoms with Gasteiger partial charge in [0.1, 0.15) is 0 Å². The Labute approximate surface area is 65.8 Å². The van der Waals surface area contributed by atoms with E-state index in [-0.39, 0.29) is 24.0 Å². The Kier molecular flexibility index (Phi) is 18.6. The predicted molar refractivity (Wildman–Crippen MR) is 34.9 cm³/mol. The van der Waals surface area contributed by atoms with Gasteiger partial charge in [0.2, 0.25) is 0 Å². The molecule has 0 aliphatic rings. The molecule has 0 N–H and O–H groups in total. The molecular formula is C2H7I2P. The number of alkyl halides is 1. The van der Waals surface area contributed by atoms with Gasteiger partial charge in [0, 0.05) is 4.43 Å². The van der Waals surface area contributed by atoms with Crippen LogP contribution in [0.2, 0.25) is 0 Å². The van der Waals surface area contributed by atoms with Crippen molar-refractivity contribution in [3.05, 3.63) is 0 Å². The zero-order chi connectivity index (χ0) is 3.41. The maximum absolute atomic E-state index is 2.36. The monoisotopic (exact) mass is 316 g/mol. The summed E-state index contributed by atoms with van der Waals surface area (Å²) in [5.74, 6) is 0. The summed E-state index contributed by atoms with van der Waals surface area (Å²) < 4.78 is 1.30. The molecule has 0 bridgehead atoms. The van der Waals surface area contributed by atoms with Crippen LogP contribution >= 0.6 is 31.8 Å². The Bertz CT molecular complexity index is 9.61. The number of hydrogen-bond donors (Lipinski definition) is 0. The third-order valence-corrected chi connectivity index (χ3v) is 2.69. The lowest BCUT2D eigenvalue weighted by Crippen LogP contribution is -3.00. The van der Waals surface area contributed by atoms with Crippen LogP contribution in [0.25, 0.3) is 0 Å². The second-order valence-corrected chi connectivity index (χ2v) is 2.33. The van der Waals surface area contributed by atoms with Crippen LogP contribution in [-0.2, 0) is 0 Å². The standard InChI is InChI=1S/C2H6IP.HI/c3-1-2-4;/h1-2,4H2;1H. The second-order valence-electron chi connectivity index (χ2n) is 0.543. The van der Waals surface area contributed by atoms with Gasteiger partial charge in [-0.3, -0.25) is 0 Å². The van der Waals surface area contributed by atoms with Gasteiger partial charge in [0.05, 0.1) is 6.16 Å². The van der Waals surface area contributed by atoms with Crippen molar-refractivity contribution in [3.8, 4) is 0 Å². The van der Waals surface area contributed by atoms with Crippen LogP contribution in [0.4, 0.5) is 0 Å². The number of hydrogen-bond acceptors (Lipinski definition) is 0. The minimum Gasteiger partial charge on any atom is -1.00 e. The van der Waals surface area contributed by atoms with Crippen molar-refractivity contribution < 1.29 is 24.0 Å². The topological polar surface area (TPSA) is 0 Å². The molecule has 0 radical (unpaired) electrons. The Balaban J connectivity index is 0. The second kappa shape index (κ2) is 9.31. The highest BCUT2D eigenvalue weighted by Crippen LogP contribution is 1.84. The van der Waals surface area contributed by atoms with Crippen molar-refractivity contribution in [2.75, 3.05) is 10.6 Å². The Morgan fingerprint density at radius 1 is 1.60 bits per heavy atom. The van der Waals surface area contributed by atoms with Crippen molar-refractivity contribution in [1.29, 1.82) is 0 Å². The summed E-state index contributed by atoms with van der Waals surface area (Å²) in [5.41, 5.74) is 0. The van der Waals surface area contributed by atoms with E-state index < -0.39 is 0 Å². The largest absolute Gasteiger partial charge is 1.00 e. The highest BCUT2D eigenvalue weighted by molar-refractivity contribution is 14.1. The molecular weight excluding hydrogens is 309 g/mol. The first-order valence-electron chi connectivity index (χ1n) is 1.27. The molecule has 0 aromatic heterocycles.